The number of nitrogens with one attached hydrogen (secondary N) is 1. The van der Waals surface area contributed by atoms with E-state index in [1.165, 1.54) is 0 Å². The first-order valence-corrected chi connectivity index (χ1v) is 9.82. The number of rotatable bonds is 4. The third-order valence-corrected chi connectivity index (χ3v) is 5.62. The van der Waals surface area contributed by atoms with Crippen molar-refractivity contribution < 1.29 is 4.79 Å². The molecule has 8 nitrogen and oxygen atoms in total. The van der Waals surface area contributed by atoms with Crippen LogP contribution in [0.4, 0.5) is 0 Å². The van der Waals surface area contributed by atoms with Crippen LogP contribution in [0.1, 0.15) is 55.5 Å². The zero-order valence-corrected chi connectivity index (χ0v) is 15.8. The molecule has 0 radical (unpaired) electrons. The molecule has 8 heteroatoms. The third kappa shape index (κ3) is 2.98. The highest BCUT2D eigenvalue weighted by atomic mass is 16.2. The molecule has 5 rings (SSSR count). The second-order valence-electron chi connectivity index (χ2n) is 7.62. The van der Waals surface area contributed by atoms with Crippen LogP contribution in [0.5, 0.6) is 0 Å². The lowest BCUT2D eigenvalue weighted by Crippen LogP contribution is -2.41. The predicted octanol–water partition coefficient (Wildman–Crippen LogP) is 1.93. The summed E-state index contributed by atoms with van der Waals surface area (Å²) in [4.78, 5) is 38.9. The predicted molar refractivity (Wildman–Crippen MR) is 103 cm³/mol. The summed E-state index contributed by atoms with van der Waals surface area (Å²) in [5, 5.41) is 4.60. The summed E-state index contributed by atoms with van der Waals surface area (Å²) < 4.78 is 1.94. The second-order valence-corrected chi connectivity index (χ2v) is 7.62. The van der Waals surface area contributed by atoms with E-state index in [2.05, 4.69) is 20.1 Å². The van der Waals surface area contributed by atoms with Gasteiger partial charge in [-0.1, -0.05) is 12.1 Å². The monoisotopic (exact) mass is 378 g/mol. The fraction of sp³-hybridized carbons (Fsp3) is 0.450. The van der Waals surface area contributed by atoms with E-state index in [9.17, 15) is 9.59 Å². The van der Waals surface area contributed by atoms with Crippen LogP contribution in [0.25, 0.3) is 11.0 Å². The lowest BCUT2D eigenvalue weighted by molar-refractivity contribution is -0.134. The van der Waals surface area contributed by atoms with Gasteiger partial charge in [-0.2, -0.15) is 5.10 Å². The van der Waals surface area contributed by atoms with Gasteiger partial charge in [-0.3, -0.25) is 9.59 Å². The third-order valence-electron chi connectivity index (χ3n) is 5.62. The Kier molecular flexibility index (Phi) is 3.99. The molecule has 1 aliphatic heterocycles. The molecule has 1 N–H and O–H groups in total. The van der Waals surface area contributed by atoms with Crippen molar-refractivity contribution in [3.05, 3.63) is 52.0 Å². The Balaban J connectivity index is 1.30. The van der Waals surface area contributed by atoms with Crippen molar-refractivity contribution in [3.8, 4) is 0 Å². The van der Waals surface area contributed by atoms with Gasteiger partial charge in [0.25, 0.3) is 5.56 Å². The number of aryl methyl sites for hydroxylation is 1. The normalized spacial score (nSPS) is 19.0. The fourth-order valence-corrected chi connectivity index (χ4v) is 3.84. The SMILES string of the molecule is C[C@@H]1c2nc(C3CC3)nn2CCN1C(=O)CCc1nc2ccccc2[nH]c1=O. The zero-order chi connectivity index (χ0) is 19.3. The lowest BCUT2D eigenvalue weighted by Gasteiger charge is -2.33. The summed E-state index contributed by atoms with van der Waals surface area (Å²) in [6.45, 7) is 3.28. The van der Waals surface area contributed by atoms with Gasteiger partial charge in [-0.05, 0) is 31.9 Å². The summed E-state index contributed by atoms with van der Waals surface area (Å²) >= 11 is 0. The Bertz CT molecular complexity index is 1110. The second kappa shape index (κ2) is 6.54. The van der Waals surface area contributed by atoms with Gasteiger partial charge >= 0.3 is 0 Å². The van der Waals surface area contributed by atoms with Crippen molar-refractivity contribution in [3.63, 3.8) is 0 Å². The molecule has 3 heterocycles. The number of fused-ring (bicyclic) bond motifs is 2. The summed E-state index contributed by atoms with van der Waals surface area (Å²) in [6, 6.07) is 7.30. The quantitative estimate of drug-likeness (QED) is 0.748. The molecule has 3 aromatic rings. The van der Waals surface area contributed by atoms with Crippen molar-refractivity contribution in [1.82, 2.24) is 29.6 Å². The minimum absolute atomic E-state index is 0.0177. The smallest absolute Gasteiger partial charge is 0.270 e. The van der Waals surface area contributed by atoms with Crippen LogP contribution in [-0.2, 0) is 17.8 Å². The molecule has 1 amide bonds. The molecular weight excluding hydrogens is 356 g/mol. The van der Waals surface area contributed by atoms with Gasteiger partial charge in [0.05, 0.1) is 23.6 Å². The number of aromatic amines is 1. The Morgan fingerprint density at radius 2 is 2.04 bits per heavy atom. The minimum Gasteiger partial charge on any atom is -0.331 e. The molecule has 1 atom stereocenters. The molecule has 2 aromatic heterocycles. The van der Waals surface area contributed by atoms with Crippen LogP contribution in [-0.4, -0.2) is 42.1 Å². The fourth-order valence-electron chi connectivity index (χ4n) is 3.84. The highest BCUT2D eigenvalue weighted by molar-refractivity contribution is 5.77. The summed E-state index contributed by atoms with van der Waals surface area (Å²) in [7, 11) is 0. The molecule has 1 aliphatic carbocycles. The summed E-state index contributed by atoms with van der Waals surface area (Å²) in [5.74, 6) is 2.30. The number of benzene rings is 1. The van der Waals surface area contributed by atoms with Crippen molar-refractivity contribution in [2.45, 2.75) is 51.1 Å². The van der Waals surface area contributed by atoms with E-state index in [4.69, 9.17) is 0 Å². The Labute approximate surface area is 161 Å². The first-order chi connectivity index (χ1) is 13.6. The number of carbonyl (C=O) groups is 1. The lowest BCUT2D eigenvalue weighted by atomic mass is 10.1. The van der Waals surface area contributed by atoms with Crippen LogP contribution < -0.4 is 5.56 Å². The van der Waals surface area contributed by atoms with E-state index < -0.39 is 0 Å². The summed E-state index contributed by atoms with van der Waals surface area (Å²) in [5.41, 5.74) is 1.61. The number of amides is 1. The van der Waals surface area contributed by atoms with Gasteiger partial charge < -0.3 is 9.88 Å². The molecule has 0 saturated heterocycles. The van der Waals surface area contributed by atoms with Gasteiger partial charge in [-0.15, -0.1) is 0 Å². The maximum atomic E-state index is 12.8. The molecule has 1 aromatic carbocycles. The van der Waals surface area contributed by atoms with Crippen LogP contribution in [0.2, 0.25) is 0 Å². The van der Waals surface area contributed by atoms with Crippen molar-refractivity contribution in [2.24, 2.45) is 0 Å². The standard InChI is InChI=1S/C20H22N6O2/c1-12-19-23-18(13-6-7-13)24-26(19)11-10-25(12)17(27)9-8-16-20(28)22-15-5-3-2-4-14(15)21-16/h2-5,12-13H,6-11H2,1H3,(H,22,28)/t12-/m1/s1. The van der Waals surface area contributed by atoms with Crippen LogP contribution in [0, 0.1) is 0 Å². The maximum Gasteiger partial charge on any atom is 0.270 e. The molecule has 1 saturated carbocycles. The zero-order valence-electron chi connectivity index (χ0n) is 15.8. The van der Waals surface area contributed by atoms with E-state index in [0.717, 1.165) is 30.0 Å². The van der Waals surface area contributed by atoms with Gasteiger partial charge in [0.1, 0.15) is 11.5 Å². The number of nitrogens with zero attached hydrogens (tertiary/aromatic N) is 5. The molecular formula is C20H22N6O2. The van der Waals surface area contributed by atoms with Crippen molar-refractivity contribution in [2.75, 3.05) is 6.54 Å². The van der Waals surface area contributed by atoms with E-state index in [1.807, 2.05) is 40.8 Å². The highest BCUT2D eigenvalue weighted by Gasteiger charge is 2.34. The average molecular weight is 378 g/mol. The van der Waals surface area contributed by atoms with Crippen LogP contribution >= 0.6 is 0 Å². The van der Waals surface area contributed by atoms with Crippen LogP contribution in [0.3, 0.4) is 0 Å². The number of H-pyrrole nitrogens is 1. The largest absolute Gasteiger partial charge is 0.331 e. The Hall–Kier alpha value is -3.03. The Morgan fingerprint density at radius 3 is 2.86 bits per heavy atom. The van der Waals surface area contributed by atoms with Gasteiger partial charge in [0.2, 0.25) is 5.91 Å². The first-order valence-electron chi connectivity index (χ1n) is 9.82. The molecule has 0 spiro atoms. The molecule has 2 aliphatic rings. The van der Waals surface area contributed by atoms with Gasteiger partial charge in [-0.25, -0.2) is 14.6 Å². The molecule has 0 unspecified atom stereocenters. The van der Waals surface area contributed by atoms with Gasteiger partial charge in [0.15, 0.2) is 5.82 Å². The van der Waals surface area contributed by atoms with Crippen molar-refractivity contribution in [1.29, 1.82) is 0 Å². The first kappa shape index (κ1) is 17.1. The van der Waals surface area contributed by atoms with Crippen molar-refractivity contribution >= 4 is 16.9 Å². The topological polar surface area (TPSA) is 96.8 Å². The number of aromatic nitrogens is 5. The molecule has 28 heavy (non-hydrogen) atoms. The minimum atomic E-state index is -0.230. The Morgan fingerprint density at radius 1 is 1.21 bits per heavy atom. The number of hydrogen-bond donors (Lipinski definition) is 1. The highest BCUT2D eigenvalue weighted by Crippen LogP contribution is 2.39. The molecule has 1 fully saturated rings. The van der Waals surface area contributed by atoms with E-state index in [-0.39, 0.29) is 23.9 Å². The number of hydrogen-bond acceptors (Lipinski definition) is 5. The average Bonchev–Trinajstić information content (AvgIpc) is 3.45. The van der Waals surface area contributed by atoms with E-state index in [0.29, 0.717) is 36.6 Å². The van der Waals surface area contributed by atoms with E-state index in [1.54, 1.807) is 0 Å². The molecule has 144 valence electrons. The number of carbonyl (C=O) groups excluding carboxylic acids is 1. The maximum absolute atomic E-state index is 12.8. The van der Waals surface area contributed by atoms with E-state index >= 15 is 0 Å². The van der Waals surface area contributed by atoms with Crippen LogP contribution in [0.15, 0.2) is 29.1 Å². The summed E-state index contributed by atoms with van der Waals surface area (Å²) in [6.07, 6.45) is 2.90. The molecule has 0 bridgehead atoms. The van der Waals surface area contributed by atoms with Gasteiger partial charge in [0, 0.05) is 25.3 Å². The number of para-hydroxylation sites is 2.